The number of hydrogen-bond donors (Lipinski definition) is 2. The maximum atomic E-state index is 12.1. The molecule has 0 unspecified atom stereocenters. The Morgan fingerprint density at radius 1 is 1.30 bits per heavy atom. The summed E-state index contributed by atoms with van der Waals surface area (Å²) in [5.41, 5.74) is 0.866. The van der Waals surface area contributed by atoms with Gasteiger partial charge in [-0.05, 0) is 39.9 Å². The third-order valence-corrected chi connectivity index (χ3v) is 4.95. The molecule has 1 amide bonds. The quantitative estimate of drug-likeness (QED) is 0.465. The predicted molar refractivity (Wildman–Crippen MR) is 103 cm³/mol. The number of nitrogens with zero attached hydrogens (tertiary/aromatic N) is 1. The molecule has 0 aliphatic rings. The molecule has 9 heteroatoms. The molecule has 7 nitrogen and oxygen atoms in total. The van der Waals surface area contributed by atoms with E-state index in [1.54, 1.807) is 22.9 Å². The topological polar surface area (TPSA) is 88.2 Å². The predicted octanol–water partition coefficient (Wildman–Crippen LogP) is 3.03. The van der Waals surface area contributed by atoms with Crippen LogP contribution in [-0.4, -0.2) is 24.0 Å². The van der Waals surface area contributed by atoms with Gasteiger partial charge in [0.1, 0.15) is 5.75 Å². The minimum atomic E-state index is -0.480. The summed E-state index contributed by atoms with van der Waals surface area (Å²) < 4.78 is 11.5. The summed E-state index contributed by atoms with van der Waals surface area (Å²) >= 11 is 7.29. The molecule has 0 bridgehead atoms. The number of anilines is 1. The van der Waals surface area contributed by atoms with Crippen molar-refractivity contribution in [3.63, 3.8) is 0 Å². The van der Waals surface area contributed by atoms with Crippen molar-refractivity contribution in [2.75, 3.05) is 18.2 Å². The van der Waals surface area contributed by atoms with Gasteiger partial charge in [-0.2, -0.15) is 0 Å². The molecule has 0 saturated carbocycles. The van der Waals surface area contributed by atoms with E-state index in [2.05, 4.69) is 10.6 Å². The molecule has 0 spiro atoms. The van der Waals surface area contributed by atoms with Crippen molar-refractivity contribution in [3.05, 3.63) is 64.0 Å². The third-order valence-electron chi connectivity index (χ3n) is 3.63. The van der Waals surface area contributed by atoms with Gasteiger partial charge in [0.2, 0.25) is 11.6 Å². The molecule has 0 radical (unpaired) electrons. The molecule has 0 fully saturated rings. The lowest BCUT2D eigenvalue weighted by Crippen LogP contribution is -2.36. The van der Waals surface area contributed by atoms with Crippen molar-refractivity contribution >= 4 is 35.0 Å². The second-order valence-corrected chi connectivity index (χ2v) is 6.94. The number of methoxy groups -OCH3 is 1. The van der Waals surface area contributed by atoms with Gasteiger partial charge in [0, 0.05) is 30.0 Å². The average molecular weight is 407 g/mol. The Kier molecular flexibility index (Phi) is 6.20. The normalized spacial score (nSPS) is 10.6. The van der Waals surface area contributed by atoms with Gasteiger partial charge < -0.3 is 10.1 Å². The molecule has 2 N–H and O–H groups in total. The Hall–Kier alpha value is -2.71. The molecular formula is C18H17ClN3O4S+. The van der Waals surface area contributed by atoms with Crippen LogP contribution in [0, 0.1) is 0 Å². The number of halogens is 1. The minimum absolute atomic E-state index is 0.185. The summed E-state index contributed by atoms with van der Waals surface area (Å²) in [6.45, 7) is 0. The molecule has 1 heterocycles. The van der Waals surface area contributed by atoms with Crippen LogP contribution < -0.4 is 20.4 Å². The van der Waals surface area contributed by atoms with Crippen molar-refractivity contribution in [1.82, 2.24) is 5.27 Å². The summed E-state index contributed by atoms with van der Waals surface area (Å²) in [5.74, 6) is 0.760. The van der Waals surface area contributed by atoms with Crippen LogP contribution in [0.25, 0.3) is 5.69 Å². The maximum absolute atomic E-state index is 12.1. The maximum Gasteiger partial charge on any atom is 0.442 e. The number of aromatic nitrogens is 2. The van der Waals surface area contributed by atoms with Gasteiger partial charge in [-0.25, -0.2) is 4.79 Å². The van der Waals surface area contributed by atoms with Crippen LogP contribution in [0.3, 0.4) is 0 Å². The summed E-state index contributed by atoms with van der Waals surface area (Å²) in [6.07, 6.45) is 0.216. The summed E-state index contributed by atoms with van der Waals surface area (Å²) in [6, 6.07) is 14.3. The van der Waals surface area contributed by atoms with Crippen LogP contribution in [0.1, 0.15) is 6.42 Å². The number of amides is 1. The molecule has 27 heavy (non-hydrogen) atoms. The van der Waals surface area contributed by atoms with Crippen molar-refractivity contribution in [1.29, 1.82) is 0 Å². The van der Waals surface area contributed by atoms with Gasteiger partial charge in [-0.3, -0.25) is 9.32 Å². The Balaban J connectivity index is 1.59. The highest BCUT2D eigenvalue weighted by atomic mass is 35.5. The van der Waals surface area contributed by atoms with Gasteiger partial charge in [0.25, 0.3) is 0 Å². The van der Waals surface area contributed by atoms with Crippen LogP contribution in [-0.2, 0) is 4.79 Å². The van der Waals surface area contributed by atoms with E-state index in [1.807, 2.05) is 30.3 Å². The van der Waals surface area contributed by atoms with Crippen LogP contribution >= 0.6 is 23.4 Å². The van der Waals surface area contributed by atoms with Gasteiger partial charge in [0.15, 0.2) is 0 Å². The van der Waals surface area contributed by atoms with Crippen molar-refractivity contribution in [3.8, 4) is 11.4 Å². The molecule has 3 rings (SSSR count). The van der Waals surface area contributed by atoms with Crippen LogP contribution in [0.15, 0.2) is 62.9 Å². The summed E-state index contributed by atoms with van der Waals surface area (Å²) in [7, 11) is 1.52. The van der Waals surface area contributed by atoms with Gasteiger partial charge in [0.05, 0.1) is 12.1 Å². The summed E-state index contributed by atoms with van der Waals surface area (Å²) in [5, 5.41) is 6.12. The Morgan fingerprint density at radius 2 is 2.07 bits per heavy atom. The fraction of sp³-hybridized carbons (Fsp3) is 0.167. The number of nitrogens with one attached hydrogen (secondary N) is 2. The van der Waals surface area contributed by atoms with E-state index in [9.17, 15) is 9.59 Å². The van der Waals surface area contributed by atoms with Crippen molar-refractivity contribution < 1.29 is 18.7 Å². The van der Waals surface area contributed by atoms with Gasteiger partial charge >= 0.3 is 10.7 Å². The van der Waals surface area contributed by atoms with Gasteiger partial charge in [-0.15, -0.1) is 0 Å². The first-order valence-electron chi connectivity index (χ1n) is 8.03. The van der Waals surface area contributed by atoms with Crippen LogP contribution in [0.4, 0.5) is 5.69 Å². The molecule has 0 aliphatic carbocycles. The number of para-hydroxylation sites is 1. The van der Waals surface area contributed by atoms with E-state index in [4.69, 9.17) is 20.9 Å². The van der Waals surface area contributed by atoms with Crippen LogP contribution in [0.2, 0.25) is 5.02 Å². The van der Waals surface area contributed by atoms with Gasteiger partial charge in [-0.1, -0.05) is 29.8 Å². The molecule has 1 aromatic heterocycles. The van der Waals surface area contributed by atoms with Crippen LogP contribution in [0.5, 0.6) is 5.75 Å². The molecular weight excluding hydrogens is 390 g/mol. The first-order valence-corrected chi connectivity index (χ1v) is 9.40. The molecule has 140 valence electrons. The fourth-order valence-corrected chi connectivity index (χ4v) is 3.51. The lowest BCUT2D eigenvalue weighted by molar-refractivity contribution is -0.704. The Labute approximate surface area is 164 Å². The van der Waals surface area contributed by atoms with E-state index < -0.39 is 5.63 Å². The minimum Gasteiger partial charge on any atom is -0.495 e. The number of rotatable bonds is 7. The number of ether oxygens (including phenoxy) is 1. The number of thioether (sulfide) groups is 1. The second-order valence-electron chi connectivity index (χ2n) is 5.45. The molecule has 2 aromatic carbocycles. The molecule has 0 atom stereocenters. The number of carbonyl (C=O) groups is 1. The van der Waals surface area contributed by atoms with E-state index in [0.29, 0.717) is 27.2 Å². The zero-order valence-corrected chi connectivity index (χ0v) is 16.0. The molecule has 3 aromatic rings. The van der Waals surface area contributed by atoms with E-state index >= 15 is 0 Å². The van der Waals surface area contributed by atoms with Crippen molar-refractivity contribution in [2.24, 2.45) is 0 Å². The molecule has 0 saturated heterocycles. The fourth-order valence-electron chi connectivity index (χ4n) is 2.34. The zero-order chi connectivity index (χ0) is 19.2. The summed E-state index contributed by atoms with van der Waals surface area (Å²) in [4.78, 5) is 24.0. The average Bonchev–Trinajstić information content (AvgIpc) is 3.03. The largest absolute Gasteiger partial charge is 0.495 e. The number of carbonyl (C=O) groups excluding carboxylic acids is 1. The lowest BCUT2D eigenvalue weighted by Gasteiger charge is -2.07. The standard InChI is InChI=1S/C18H16ClN3O4S/c1-25-15-8-7-12(11-14(15)19)20-16(23)9-10-27-17-18(24)26-21-22(17)13-5-3-2-4-6-13/h2-8,11H,9-10H2,1H3,(H-,20,21,23,24)/p+1. The highest BCUT2D eigenvalue weighted by Gasteiger charge is 2.23. The number of benzene rings is 2. The number of H-pyrrole nitrogens is 1. The molecule has 0 aliphatic heterocycles. The Bertz CT molecular complexity index is 988. The zero-order valence-electron chi connectivity index (χ0n) is 14.4. The Morgan fingerprint density at radius 3 is 2.78 bits per heavy atom. The highest BCUT2D eigenvalue weighted by molar-refractivity contribution is 7.99. The number of aromatic amines is 1. The van der Waals surface area contributed by atoms with E-state index in [-0.39, 0.29) is 12.3 Å². The third kappa shape index (κ3) is 4.72. The van der Waals surface area contributed by atoms with Crippen molar-refractivity contribution in [2.45, 2.75) is 11.4 Å². The van der Waals surface area contributed by atoms with E-state index in [1.165, 1.54) is 18.9 Å². The lowest BCUT2D eigenvalue weighted by atomic mass is 10.3. The second kappa shape index (κ2) is 8.79. The highest BCUT2D eigenvalue weighted by Crippen LogP contribution is 2.27. The monoisotopic (exact) mass is 406 g/mol. The number of hydrogen-bond acceptors (Lipinski definition) is 5. The SMILES string of the molecule is COc1ccc(NC(=O)CCSc2c(=O)o[nH][n+]2-c2ccccc2)cc1Cl. The first kappa shape index (κ1) is 19.1. The van der Waals surface area contributed by atoms with E-state index in [0.717, 1.165) is 5.69 Å². The first-order chi connectivity index (χ1) is 13.1. The smallest absolute Gasteiger partial charge is 0.442 e.